The van der Waals surface area contributed by atoms with Crippen LogP contribution in [0.1, 0.15) is 11.8 Å². The Bertz CT molecular complexity index is 783. The molecule has 0 bridgehead atoms. The lowest BCUT2D eigenvalue weighted by Crippen LogP contribution is -2.07. The van der Waals surface area contributed by atoms with Crippen molar-refractivity contribution in [1.82, 2.24) is 9.88 Å². The Hall–Kier alpha value is -1.56. The summed E-state index contributed by atoms with van der Waals surface area (Å²) in [5.41, 5.74) is 1.30. The van der Waals surface area contributed by atoms with E-state index in [9.17, 15) is 13.9 Å². The van der Waals surface area contributed by atoms with Gasteiger partial charge in [-0.2, -0.15) is 14.0 Å². The van der Waals surface area contributed by atoms with E-state index in [0.29, 0.717) is 37.7 Å². The molecule has 1 atom stereocenters. The van der Waals surface area contributed by atoms with Crippen molar-refractivity contribution in [2.24, 2.45) is 0 Å². The summed E-state index contributed by atoms with van der Waals surface area (Å²) < 4.78 is 25.7. The molecule has 2 aromatic rings. The van der Waals surface area contributed by atoms with Crippen LogP contribution in [0.3, 0.4) is 0 Å². The number of aliphatic hydroxyl groups excluding tert-OH is 1. The molecule has 1 aromatic heterocycles. The van der Waals surface area contributed by atoms with Gasteiger partial charge in [-0.05, 0) is 34.1 Å². The molecule has 0 spiro atoms. The second kappa shape index (κ2) is 7.34. The molecule has 1 heterocycles. The molecular formula is C15H14BrF2N3OS. The van der Waals surface area contributed by atoms with Gasteiger partial charge in [0.2, 0.25) is 0 Å². The monoisotopic (exact) mass is 401 g/mol. The normalized spacial score (nSPS) is 13.4. The average Bonchev–Trinajstić information content (AvgIpc) is 2.86. The first-order valence-corrected chi connectivity index (χ1v) is 8.22. The number of H-pyrrole nitrogens is 1. The number of halogens is 3. The summed E-state index contributed by atoms with van der Waals surface area (Å²) in [7, 11) is 3.50. The lowest BCUT2D eigenvalue weighted by Gasteiger charge is -2.11. The highest BCUT2D eigenvalue weighted by Gasteiger charge is 2.18. The standard InChI is InChI=1S/C15H14BrF2N3OS/c1-21(2)7-9(6-19)14(22)12-3-8-4-13(23-15(17)18)10(16)5-11(8)20-12/h3-5,7,14-15,20,22H,1-2H3/b9-7+. The van der Waals surface area contributed by atoms with Crippen LogP contribution in [0.15, 0.2) is 39.3 Å². The number of thioether (sulfide) groups is 1. The number of nitriles is 1. The minimum Gasteiger partial charge on any atom is -0.383 e. The van der Waals surface area contributed by atoms with Gasteiger partial charge >= 0.3 is 0 Å². The maximum atomic E-state index is 12.6. The number of aliphatic hydroxyl groups is 1. The molecule has 0 saturated carbocycles. The van der Waals surface area contributed by atoms with Crippen molar-refractivity contribution in [2.45, 2.75) is 16.8 Å². The Morgan fingerprint density at radius 1 is 1.43 bits per heavy atom. The third kappa shape index (κ3) is 4.25. The summed E-state index contributed by atoms with van der Waals surface area (Å²) in [5, 5.41) is 20.2. The quantitative estimate of drug-likeness (QED) is 0.580. The maximum absolute atomic E-state index is 12.6. The number of nitrogens with one attached hydrogen (secondary N) is 1. The minimum atomic E-state index is -2.51. The molecule has 4 nitrogen and oxygen atoms in total. The van der Waals surface area contributed by atoms with Gasteiger partial charge < -0.3 is 15.0 Å². The predicted octanol–water partition coefficient (Wildman–Crippen LogP) is 4.25. The SMILES string of the molecule is CN(C)/C=C(\C#N)C(O)c1cc2cc(SC(F)F)c(Br)cc2[nH]1. The first-order valence-electron chi connectivity index (χ1n) is 6.55. The molecule has 0 saturated heterocycles. The molecular weight excluding hydrogens is 388 g/mol. The highest BCUT2D eigenvalue weighted by atomic mass is 79.9. The predicted molar refractivity (Wildman–Crippen MR) is 90.2 cm³/mol. The van der Waals surface area contributed by atoms with Crippen molar-refractivity contribution < 1.29 is 13.9 Å². The Morgan fingerprint density at radius 2 is 2.13 bits per heavy atom. The van der Waals surface area contributed by atoms with Gasteiger partial charge in [-0.25, -0.2) is 0 Å². The van der Waals surface area contributed by atoms with Gasteiger partial charge in [-0.1, -0.05) is 11.8 Å². The van der Waals surface area contributed by atoms with Crippen LogP contribution in [0, 0.1) is 11.3 Å². The Kier molecular flexibility index (Phi) is 5.68. The van der Waals surface area contributed by atoms with Crippen molar-refractivity contribution in [3.63, 3.8) is 0 Å². The van der Waals surface area contributed by atoms with Crippen molar-refractivity contribution >= 4 is 38.6 Å². The molecule has 23 heavy (non-hydrogen) atoms. The largest absolute Gasteiger partial charge is 0.383 e. The molecule has 0 radical (unpaired) electrons. The van der Waals surface area contributed by atoms with Crippen LogP contribution in [0.5, 0.6) is 0 Å². The molecule has 0 aliphatic carbocycles. The Labute approximate surface area is 144 Å². The van der Waals surface area contributed by atoms with Gasteiger partial charge in [0, 0.05) is 40.6 Å². The molecule has 0 aliphatic rings. The van der Waals surface area contributed by atoms with Gasteiger partial charge in [0.05, 0.1) is 17.3 Å². The van der Waals surface area contributed by atoms with Gasteiger partial charge in [-0.15, -0.1) is 0 Å². The zero-order valence-corrected chi connectivity index (χ0v) is 14.8. The van der Waals surface area contributed by atoms with E-state index in [1.54, 1.807) is 37.2 Å². The lowest BCUT2D eigenvalue weighted by molar-refractivity contribution is 0.214. The highest BCUT2D eigenvalue weighted by Crippen LogP contribution is 2.36. The van der Waals surface area contributed by atoms with E-state index >= 15 is 0 Å². The summed E-state index contributed by atoms with van der Waals surface area (Å²) in [4.78, 5) is 5.10. The van der Waals surface area contributed by atoms with Crippen LogP contribution in [0.25, 0.3) is 10.9 Å². The molecule has 1 unspecified atom stereocenters. The summed E-state index contributed by atoms with van der Waals surface area (Å²) >= 11 is 3.71. The van der Waals surface area contributed by atoms with E-state index < -0.39 is 11.9 Å². The summed E-state index contributed by atoms with van der Waals surface area (Å²) in [6.45, 7) is 0. The van der Waals surface area contributed by atoms with Crippen LogP contribution in [-0.4, -0.2) is 34.8 Å². The zero-order chi connectivity index (χ0) is 17.1. The first kappa shape index (κ1) is 17.8. The van der Waals surface area contributed by atoms with Crippen LogP contribution in [-0.2, 0) is 0 Å². The van der Waals surface area contributed by atoms with Crippen LogP contribution in [0.4, 0.5) is 8.78 Å². The summed E-state index contributed by atoms with van der Waals surface area (Å²) in [6, 6.07) is 6.91. The van der Waals surface area contributed by atoms with Gasteiger partial charge in [0.1, 0.15) is 6.10 Å². The van der Waals surface area contributed by atoms with Crippen molar-refractivity contribution in [1.29, 1.82) is 5.26 Å². The molecule has 2 N–H and O–H groups in total. The van der Waals surface area contributed by atoms with Crippen molar-refractivity contribution in [3.8, 4) is 6.07 Å². The van der Waals surface area contributed by atoms with E-state index in [1.807, 2.05) is 6.07 Å². The second-order valence-corrected chi connectivity index (χ2v) is 6.92. The van der Waals surface area contributed by atoms with E-state index in [4.69, 9.17) is 5.26 Å². The molecule has 0 amide bonds. The van der Waals surface area contributed by atoms with Crippen LogP contribution < -0.4 is 0 Å². The number of alkyl halides is 2. The van der Waals surface area contributed by atoms with Crippen molar-refractivity contribution in [3.05, 3.63) is 40.1 Å². The maximum Gasteiger partial charge on any atom is 0.288 e. The third-order valence-electron chi connectivity index (χ3n) is 3.03. The second-order valence-electron chi connectivity index (χ2n) is 5.04. The van der Waals surface area contributed by atoms with E-state index in [2.05, 4.69) is 20.9 Å². The number of hydrogen-bond acceptors (Lipinski definition) is 4. The fourth-order valence-corrected chi connectivity index (χ4v) is 3.28. The highest BCUT2D eigenvalue weighted by molar-refractivity contribution is 9.10. The third-order valence-corrected chi connectivity index (χ3v) is 4.71. The lowest BCUT2D eigenvalue weighted by atomic mass is 10.1. The van der Waals surface area contributed by atoms with Crippen molar-refractivity contribution in [2.75, 3.05) is 14.1 Å². The summed E-state index contributed by atoms with van der Waals surface area (Å²) in [6.07, 6.45) is 0.421. The molecule has 0 aliphatic heterocycles. The number of fused-ring (bicyclic) bond motifs is 1. The smallest absolute Gasteiger partial charge is 0.288 e. The molecule has 2 rings (SSSR count). The Balaban J connectivity index is 2.42. The van der Waals surface area contributed by atoms with Gasteiger partial charge in [0.25, 0.3) is 5.76 Å². The van der Waals surface area contributed by atoms with Gasteiger partial charge in [0.15, 0.2) is 0 Å². The fraction of sp³-hybridized carbons (Fsp3) is 0.267. The number of rotatable bonds is 5. The number of benzene rings is 1. The minimum absolute atomic E-state index is 0.183. The van der Waals surface area contributed by atoms with Gasteiger partial charge in [-0.3, -0.25) is 0 Å². The Morgan fingerprint density at radius 3 is 2.70 bits per heavy atom. The molecule has 0 fully saturated rings. The topological polar surface area (TPSA) is 63.1 Å². The first-order chi connectivity index (χ1) is 10.8. The number of hydrogen-bond donors (Lipinski definition) is 2. The van der Waals surface area contributed by atoms with E-state index in [1.165, 1.54) is 6.20 Å². The average molecular weight is 402 g/mol. The number of aromatic nitrogens is 1. The molecule has 8 heteroatoms. The molecule has 1 aromatic carbocycles. The fourth-order valence-electron chi connectivity index (χ4n) is 2.10. The summed E-state index contributed by atoms with van der Waals surface area (Å²) in [5.74, 6) is -2.51. The van der Waals surface area contributed by atoms with Crippen LogP contribution in [0.2, 0.25) is 0 Å². The number of nitrogens with zero attached hydrogens (tertiary/aromatic N) is 2. The van der Waals surface area contributed by atoms with E-state index in [-0.39, 0.29) is 5.57 Å². The zero-order valence-electron chi connectivity index (χ0n) is 12.3. The number of aromatic amines is 1. The van der Waals surface area contributed by atoms with E-state index in [0.717, 1.165) is 0 Å². The molecule has 122 valence electrons. The van der Waals surface area contributed by atoms with Crippen LogP contribution >= 0.6 is 27.7 Å².